The Bertz CT molecular complexity index is 331. The Labute approximate surface area is 105 Å². The maximum absolute atomic E-state index is 5.35. The second-order valence-corrected chi connectivity index (χ2v) is 4.52. The van der Waals surface area contributed by atoms with Gasteiger partial charge in [-0.1, -0.05) is 12.1 Å². The fourth-order valence-corrected chi connectivity index (χ4v) is 2.08. The largest absolute Gasteiger partial charge is 0.495 e. The van der Waals surface area contributed by atoms with Gasteiger partial charge in [-0.25, -0.2) is 0 Å². The highest BCUT2D eigenvalue weighted by atomic mass is 79.9. The number of ether oxygens (including phenoxy) is 2. The molecule has 0 heterocycles. The lowest BCUT2D eigenvalue weighted by atomic mass is 10.2. The third-order valence-corrected chi connectivity index (χ3v) is 2.93. The number of rotatable bonds is 6. The van der Waals surface area contributed by atoms with E-state index >= 15 is 0 Å². The number of para-hydroxylation sites is 1. The lowest BCUT2D eigenvalue weighted by Crippen LogP contribution is -2.29. The smallest absolute Gasteiger partial charge is 0.137 e. The van der Waals surface area contributed by atoms with Crippen LogP contribution in [-0.2, 0) is 11.3 Å². The van der Waals surface area contributed by atoms with Crippen molar-refractivity contribution in [1.82, 2.24) is 5.32 Å². The quantitative estimate of drug-likeness (QED) is 0.872. The summed E-state index contributed by atoms with van der Waals surface area (Å²) in [5.74, 6) is 0.889. The third kappa shape index (κ3) is 3.77. The van der Waals surface area contributed by atoms with E-state index < -0.39 is 0 Å². The molecule has 0 saturated heterocycles. The first-order valence-electron chi connectivity index (χ1n) is 5.22. The van der Waals surface area contributed by atoms with E-state index in [1.54, 1.807) is 14.2 Å². The summed E-state index contributed by atoms with van der Waals surface area (Å²) in [7, 11) is 3.39. The zero-order valence-corrected chi connectivity index (χ0v) is 11.5. The molecule has 3 nitrogen and oxygen atoms in total. The van der Waals surface area contributed by atoms with Gasteiger partial charge in [0.25, 0.3) is 0 Å². The number of halogens is 1. The summed E-state index contributed by atoms with van der Waals surface area (Å²) in [6.45, 7) is 3.57. The van der Waals surface area contributed by atoms with Crippen molar-refractivity contribution in [2.75, 3.05) is 20.8 Å². The molecule has 4 heteroatoms. The van der Waals surface area contributed by atoms with Gasteiger partial charge in [0.2, 0.25) is 0 Å². The van der Waals surface area contributed by atoms with Gasteiger partial charge in [-0.05, 0) is 28.9 Å². The Morgan fingerprint density at radius 3 is 2.75 bits per heavy atom. The zero-order valence-electron chi connectivity index (χ0n) is 9.92. The van der Waals surface area contributed by atoms with Crippen LogP contribution in [0.2, 0.25) is 0 Å². The molecule has 90 valence electrons. The van der Waals surface area contributed by atoms with E-state index in [-0.39, 0.29) is 0 Å². The Kier molecular flexibility index (Phi) is 5.80. The summed E-state index contributed by atoms with van der Waals surface area (Å²) >= 11 is 3.47. The van der Waals surface area contributed by atoms with Crippen molar-refractivity contribution < 1.29 is 9.47 Å². The van der Waals surface area contributed by atoms with Gasteiger partial charge in [0.1, 0.15) is 5.75 Å². The van der Waals surface area contributed by atoms with Crippen LogP contribution >= 0.6 is 15.9 Å². The molecule has 16 heavy (non-hydrogen) atoms. The van der Waals surface area contributed by atoms with Crippen LogP contribution in [0.5, 0.6) is 5.75 Å². The van der Waals surface area contributed by atoms with E-state index in [2.05, 4.69) is 34.2 Å². The van der Waals surface area contributed by atoms with Gasteiger partial charge < -0.3 is 14.8 Å². The molecule has 1 aromatic carbocycles. The lowest BCUT2D eigenvalue weighted by molar-refractivity contribution is 0.171. The molecule has 0 fully saturated rings. The van der Waals surface area contributed by atoms with Crippen LogP contribution in [0.4, 0.5) is 0 Å². The predicted molar refractivity (Wildman–Crippen MR) is 68.9 cm³/mol. The molecule has 0 saturated carbocycles. The second kappa shape index (κ2) is 6.89. The van der Waals surface area contributed by atoms with Crippen molar-refractivity contribution in [1.29, 1.82) is 0 Å². The standard InChI is InChI=1S/C12H18BrNO2/c1-9(8-15-2)14-7-10-5-4-6-11(13)12(10)16-3/h4-6,9,14H,7-8H2,1-3H3. The summed E-state index contributed by atoms with van der Waals surface area (Å²) < 4.78 is 11.4. The van der Waals surface area contributed by atoms with E-state index in [1.807, 2.05) is 12.1 Å². The van der Waals surface area contributed by atoms with Crippen LogP contribution < -0.4 is 10.1 Å². The Hall–Kier alpha value is -0.580. The number of benzene rings is 1. The van der Waals surface area contributed by atoms with E-state index in [1.165, 1.54) is 0 Å². The van der Waals surface area contributed by atoms with Crippen LogP contribution in [0.15, 0.2) is 22.7 Å². The van der Waals surface area contributed by atoms with Crippen LogP contribution in [-0.4, -0.2) is 26.9 Å². The number of methoxy groups -OCH3 is 2. The van der Waals surface area contributed by atoms with Crippen molar-refractivity contribution in [2.45, 2.75) is 19.5 Å². The Morgan fingerprint density at radius 2 is 2.12 bits per heavy atom. The molecular formula is C12H18BrNO2. The SMILES string of the molecule is COCC(C)NCc1cccc(Br)c1OC. The molecule has 0 aromatic heterocycles. The zero-order chi connectivity index (χ0) is 12.0. The van der Waals surface area contributed by atoms with Crippen LogP contribution in [0, 0.1) is 0 Å². The summed E-state index contributed by atoms with van der Waals surface area (Å²) in [5, 5.41) is 3.38. The van der Waals surface area contributed by atoms with Crippen molar-refractivity contribution in [3.63, 3.8) is 0 Å². The highest BCUT2D eigenvalue weighted by Crippen LogP contribution is 2.28. The second-order valence-electron chi connectivity index (χ2n) is 3.67. The van der Waals surface area contributed by atoms with Crippen molar-refractivity contribution >= 4 is 15.9 Å². The van der Waals surface area contributed by atoms with Gasteiger partial charge in [-0.3, -0.25) is 0 Å². The predicted octanol–water partition coefficient (Wildman–Crippen LogP) is 2.58. The molecule has 1 N–H and O–H groups in total. The Morgan fingerprint density at radius 1 is 1.38 bits per heavy atom. The van der Waals surface area contributed by atoms with E-state index in [0.717, 1.165) is 22.3 Å². The summed E-state index contributed by atoms with van der Waals surface area (Å²) in [6, 6.07) is 6.36. The molecular weight excluding hydrogens is 270 g/mol. The van der Waals surface area contributed by atoms with E-state index in [9.17, 15) is 0 Å². The number of hydrogen-bond donors (Lipinski definition) is 1. The van der Waals surface area contributed by atoms with Crippen molar-refractivity contribution in [3.8, 4) is 5.75 Å². The normalized spacial score (nSPS) is 12.5. The Balaban J connectivity index is 2.63. The van der Waals surface area contributed by atoms with Gasteiger partial charge in [0.15, 0.2) is 0 Å². The minimum atomic E-state index is 0.327. The molecule has 1 unspecified atom stereocenters. The van der Waals surface area contributed by atoms with Crippen LogP contribution in [0.25, 0.3) is 0 Å². The first-order valence-corrected chi connectivity index (χ1v) is 6.02. The molecule has 1 atom stereocenters. The summed E-state index contributed by atoms with van der Waals surface area (Å²) in [4.78, 5) is 0. The highest BCUT2D eigenvalue weighted by Gasteiger charge is 2.07. The van der Waals surface area contributed by atoms with Crippen LogP contribution in [0.3, 0.4) is 0 Å². The third-order valence-electron chi connectivity index (χ3n) is 2.31. The fourth-order valence-electron chi connectivity index (χ4n) is 1.51. The molecule has 1 aromatic rings. The van der Waals surface area contributed by atoms with Crippen LogP contribution in [0.1, 0.15) is 12.5 Å². The number of hydrogen-bond acceptors (Lipinski definition) is 3. The summed E-state index contributed by atoms with van der Waals surface area (Å²) in [6.07, 6.45) is 0. The molecule has 1 rings (SSSR count). The maximum atomic E-state index is 5.35. The van der Waals surface area contributed by atoms with Gasteiger partial charge in [0, 0.05) is 25.3 Å². The minimum absolute atomic E-state index is 0.327. The first-order chi connectivity index (χ1) is 7.69. The topological polar surface area (TPSA) is 30.5 Å². The molecule has 0 aliphatic heterocycles. The van der Waals surface area contributed by atoms with Crippen molar-refractivity contribution in [3.05, 3.63) is 28.2 Å². The molecule has 0 aliphatic carbocycles. The molecule has 0 bridgehead atoms. The van der Waals surface area contributed by atoms with Gasteiger partial charge in [-0.15, -0.1) is 0 Å². The average Bonchev–Trinajstić information content (AvgIpc) is 2.27. The molecule has 0 amide bonds. The lowest BCUT2D eigenvalue weighted by Gasteiger charge is -2.15. The first kappa shape index (κ1) is 13.5. The van der Waals surface area contributed by atoms with Crippen molar-refractivity contribution in [2.24, 2.45) is 0 Å². The van der Waals surface area contributed by atoms with Gasteiger partial charge in [-0.2, -0.15) is 0 Å². The summed E-state index contributed by atoms with van der Waals surface area (Å²) in [5.41, 5.74) is 1.14. The van der Waals surface area contributed by atoms with Gasteiger partial charge >= 0.3 is 0 Å². The van der Waals surface area contributed by atoms with Gasteiger partial charge in [0.05, 0.1) is 18.2 Å². The fraction of sp³-hybridized carbons (Fsp3) is 0.500. The highest BCUT2D eigenvalue weighted by molar-refractivity contribution is 9.10. The van der Waals surface area contributed by atoms with E-state index in [0.29, 0.717) is 12.6 Å². The molecule has 0 aliphatic rings. The number of nitrogens with one attached hydrogen (secondary N) is 1. The van der Waals surface area contributed by atoms with E-state index in [4.69, 9.17) is 9.47 Å². The average molecular weight is 288 g/mol. The maximum Gasteiger partial charge on any atom is 0.137 e. The minimum Gasteiger partial charge on any atom is -0.495 e. The molecule has 0 spiro atoms. The monoisotopic (exact) mass is 287 g/mol. The molecule has 0 radical (unpaired) electrons.